The number of ether oxygens (including phenoxy) is 1. The second-order valence-electron chi connectivity index (χ2n) is 3.35. The van der Waals surface area contributed by atoms with Crippen LogP contribution in [0.5, 0.6) is 0 Å². The van der Waals surface area contributed by atoms with Gasteiger partial charge in [0, 0.05) is 11.7 Å². The van der Waals surface area contributed by atoms with Crippen LogP contribution in [0.1, 0.15) is 33.1 Å². The van der Waals surface area contributed by atoms with Crippen molar-refractivity contribution in [2.75, 3.05) is 6.61 Å². The summed E-state index contributed by atoms with van der Waals surface area (Å²) in [4.78, 5) is 22.8. The Kier molecular flexibility index (Phi) is 4.45. The smallest absolute Gasteiger partial charge is 0.326 e. The predicted octanol–water partition coefficient (Wildman–Crippen LogP) is 1.79. The van der Waals surface area contributed by atoms with E-state index in [2.05, 4.69) is 6.92 Å². The van der Waals surface area contributed by atoms with Crippen LogP contribution in [0.3, 0.4) is 0 Å². The van der Waals surface area contributed by atoms with Crippen molar-refractivity contribution in [3.8, 4) is 0 Å². The Balaban J connectivity index is 2.47. The topological polar surface area (TPSA) is 43.4 Å². The summed E-state index contributed by atoms with van der Waals surface area (Å²) >= 11 is 1.47. The van der Waals surface area contributed by atoms with Gasteiger partial charge in [-0.2, -0.15) is 0 Å². The Morgan fingerprint density at radius 1 is 1.57 bits per heavy atom. The molecule has 1 aliphatic heterocycles. The highest BCUT2D eigenvalue weighted by Gasteiger charge is 2.38. The first-order valence-electron chi connectivity index (χ1n) is 5.03. The van der Waals surface area contributed by atoms with E-state index in [4.69, 9.17) is 4.74 Å². The number of hydrogen-bond donors (Lipinski definition) is 0. The third kappa shape index (κ3) is 2.74. The molecule has 0 amide bonds. The molecule has 4 heteroatoms. The van der Waals surface area contributed by atoms with Gasteiger partial charge in [0.2, 0.25) is 0 Å². The van der Waals surface area contributed by atoms with Gasteiger partial charge in [-0.25, -0.2) is 0 Å². The number of rotatable bonds is 4. The molecule has 80 valence electrons. The summed E-state index contributed by atoms with van der Waals surface area (Å²) < 4.78 is 4.84. The molecule has 0 spiro atoms. The molecule has 1 rings (SSSR count). The van der Waals surface area contributed by atoms with E-state index in [1.54, 1.807) is 6.92 Å². The van der Waals surface area contributed by atoms with Crippen LogP contribution in [0, 0.1) is 0 Å². The molecule has 3 nitrogen and oxygen atoms in total. The van der Waals surface area contributed by atoms with E-state index in [-0.39, 0.29) is 11.8 Å². The lowest BCUT2D eigenvalue weighted by Gasteiger charge is -2.08. The Labute approximate surface area is 88.6 Å². The number of thioether (sulfide) groups is 1. The standard InChI is InChI=1S/C10H16O3S/c1-3-5-7-6-8(11)9(14-7)10(12)13-4-2/h7,9H,3-6H2,1-2H3. The molecule has 0 radical (unpaired) electrons. The summed E-state index contributed by atoms with van der Waals surface area (Å²) in [6, 6.07) is 0. The molecule has 2 unspecified atom stereocenters. The molecule has 0 bridgehead atoms. The number of carbonyl (C=O) groups excluding carboxylic acids is 2. The summed E-state index contributed by atoms with van der Waals surface area (Å²) in [5, 5.41) is -0.228. The van der Waals surface area contributed by atoms with E-state index in [9.17, 15) is 9.59 Å². The molecular formula is C10H16O3S. The maximum atomic E-state index is 11.5. The van der Waals surface area contributed by atoms with Crippen molar-refractivity contribution in [1.29, 1.82) is 0 Å². The van der Waals surface area contributed by atoms with Gasteiger partial charge in [0.15, 0.2) is 11.0 Å². The van der Waals surface area contributed by atoms with Gasteiger partial charge in [-0.05, 0) is 13.3 Å². The highest BCUT2D eigenvalue weighted by Crippen LogP contribution is 2.34. The van der Waals surface area contributed by atoms with Gasteiger partial charge < -0.3 is 4.74 Å². The maximum absolute atomic E-state index is 11.5. The molecule has 14 heavy (non-hydrogen) atoms. The van der Waals surface area contributed by atoms with Crippen molar-refractivity contribution >= 4 is 23.5 Å². The molecule has 0 aromatic heterocycles. The number of ketones is 1. The minimum absolute atomic E-state index is 0.0342. The molecule has 1 saturated heterocycles. The average molecular weight is 216 g/mol. The second kappa shape index (κ2) is 5.39. The van der Waals surface area contributed by atoms with E-state index in [0.717, 1.165) is 12.8 Å². The fourth-order valence-corrected chi connectivity index (χ4v) is 2.99. The molecule has 1 aliphatic rings. The fourth-order valence-electron chi connectivity index (χ4n) is 1.54. The van der Waals surface area contributed by atoms with Gasteiger partial charge in [-0.1, -0.05) is 13.3 Å². The zero-order valence-electron chi connectivity index (χ0n) is 8.62. The van der Waals surface area contributed by atoms with Gasteiger partial charge in [-0.3, -0.25) is 9.59 Å². The Morgan fingerprint density at radius 3 is 2.86 bits per heavy atom. The fraction of sp³-hybridized carbons (Fsp3) is 0.800. The number of esters is 1. The molecule has 0 saturated carbocycles. The number of carbonyl (C=O) groups is 2. The molecular weight excluding hydrogens is 200 g/mol. The lowest BCUT2D eigenvalue weighted by Crippen LogP contribution is -2.24. The van der Waals surface area contributed by atoms with Crippen LogP contribution in [0.15, 0.2) is 0 Å². The van der Waals surface area contributed by atoms with Gasteiger partial charge >= 0.3 is 5.97 Å². The van der Waals surface area contributed by atoms with E-state index in [1.165, 1.54) is 11.8 Å². The summed E-state index contributed by atoms with van der Waals surface area (Å²) in [6.45, 7) is 4.19. The monoisotopic (exact) mass is 216 g/mol. The van der Waals surface area contributed by atoms with Crippen molar-refractivity contribution in [3.63, 3.8) is 0 Å². The Bertz CT molecular complexity index is 227. The molecule has 1 heterocycles. The Hall–Kier alpha value is -0.510. The SMILES string of the molecule is CCCC1CC(=O)C(C(=O)OCC)S1. The first-order valence-corrected chi connectivity index (χ1v) is 5.98. The van der Waals surface area contributed by atoms with E-state index < -0.39 is 5.25 Å². The molecule has 1 fully saturated rings. The zero-order valence-corrected chi connectivity index (χ0v) is 9.43. The minimum Gasteiger partial charge on any atom is -0.465 e. The zero-order chi connectivity index (χ0) is 10.6. The van der Waals surface area contributed by atoms with E-state index in [0.29, 0.717) is 18.3 Å². The first-order chi connectivity index (χ1) is 6.69. The van der Waals surface area contributed by atoms with Gasteiger partial charge in [0.25, 0.3) is 0 Å². The summed E-state index contributed by atoms with van der Waals surface area (Å²) in [7, 11) is 0. The molecule has 0 N–H and O–H groups in total. The van der Waals surface area contributed by atoms with Gasteiger partial charge in [0.1, 0.15) is 0 Å². The summed E-state index contributed by atoms with van der Waals surface area (Å²) in [6.07, 6.45) is 2.59. The minimum atomic E-state index is -0.550. The average Bonchev–Trinajstić information content (AvgIpc) is 2.48. The number of Topliss-reactive ketones (excluding diaryl/α,β-unsaturated/α-hetero) is 1. The lowest BCUT2D eigenvalue weighted by molar-refractivity contribution is -0.144. The summed E-state index contributed by atoms with van der Waals surface area (Å²) in [5.41, 5.74) is 0. The third-order valence-corrected chi connectivity index (χ3v) is 3.68. The van der Waals surface area contributed by atoms with Gasteiger partial charge in [0.05, 0.1) is 6.61 Å². The predicted molar refractivity (Wildman–Crippen MR) is 56.3 cm³/mol. The van der Waals surface area contributed by atoms with Crippen LogP contribution >= 0.6 is 11.8 Å². The summed E-state index contributed by atoms with van der Waals surface area (Å²) in [5.74, 6) is -0.326. The van der Waals surface area contributed by atoms with E-state index in [1.807, 2.05) is 0 Å². The quantitative estimate of drug-likeness (QED) is 0.531. The first kappa shape index (κ1) is 11.6. The largest absolute Gasteiger partial charge is 0.465 e. The lowest BCUT2D eigenvalue weighted by atomic mass is 10.1. The molecule has 0 aliphatic carbocycles. The highest BCUT2D eigenvalue weighted by molar-refractivity contribution is 8.02. The number of hydrogen-bond acceptors (Lipinski definition) is 4. The molecule has 0 aromatic rings. The van der Waals surface area contributed by atoms with E-state index >= 15 is 0 Å². The van der Waals surface area contributed by atoms with Crippen LogP contribution in [0.25, 0.3) is 0 Å². The highest BCUT2D eigenvalue weighted by atomic mass is 32.2. The van der Waals surface area contributed by atoms with Crippen LogP contribution in [-0.2, 0) is 14.3 Å². The Morgan fingerprint density at radius 2 is 2.29 bits per heavy atom. The van der Waals surface area contributed by atoms with Crippen molar-refractivity contribution in [2.45, 2.75) is 43.6 Å². The van der Waals surface area contributed by atoms with Gasteiger partial charge in [-0.15, -0.1) is 11.8 Å². The second-order valence-corrected chi connectivity index (χ2v) is 4.76. The van der Waals surface area contributed by atoms with Crippen LogP contribution in [0.2, 0.25) is 0 Å². The van der Waals surface area contributed by atoms with Crippen LogP contribution < -0.4 is 0 Å². The van der Waals surface area contributed by atoms with Crippen molar-refractivity contribution in [2.24, 2.45) is 0 Å². The van der Waals surface area contributed by atoms with Crippen LogP contribution in [0.4, 0.5) is 0 Å². The van der Waals surface area contributed by atoms with Crippen LogP contribution in [-0.4, -0.2) is 28.9 Å². The maximum Gasteiger partial charge on any atom is 0.326 e. The molecule has 2 atom stereocenters. The van der Waals surface area contributed by atoms with Crippen molar-refractivity contribution in [1.82, 2.24) is 0 Å². The third-order valence-electron chi connectivity index (χ3n) is 2.16. The molecule has 0 aromatic carbocycles. The normalized spacial score (nSPS) is 26.6. The van der Waals surface area contributed by atoms with Crippen molar-refractivity contribution in [3.05, 3.63) is 0 Å². The van der Waals surface area contributed by atoms with Crippen molar-refractivity contribution < 1.29 is 14.3 Å².